The minimum atomic E-state index is 0.105. The minimum Gasteiger partial charge on any atom is -0.332 e. The zero-order valence-corrected chi connectivity index (χ0v) is 9.33. The van der Waals surface area contributed by atoms with E-state index >= 15 is 0 Å². The Kier molecular flexibility index (Phi) is 2.97. The summed E-state index contributed by atoms with van der Waals surface area (Å²) in [6, 6.07) is 2.05. The molecule has 78 valence electrons. The Morgan fingerprint density at radius 2 is 2.47 bits per heavy atom. The second kappa shape index (κ2) is 4.40. The normalized spacial score (nSPS) is 10.5. The second-order valence-electron chi connectivity index (χ2n) is 3.42. The van der Waals surface area contributed by atoms with Crippen LogP contribution in [-0.2, 0) is 13.5 Å². The highest BCUT2D eigenvalue weighted by atomic mass is 32.1. The SMILES string of the molecule is Cn1ccnc1C(=O)CCc1ccsc1. The van der Waals surface area contributed by atoms with Crippen LogP contribution in [0.4, 0.5) is 0 Å². The molecular weight excluding hydrogens is 208 g/mol. The van der Waals surface area contributed by atoms with Gasteiger partial charge in [0.25, 0.3) is 0 Å². The number of aromatic nitrogens is 2. The molecule has 2 aromatic heterocycles. The number of nitrogens with zero attached hydrogens (tertiary/aromatic N) is 2. The molecular formula is C11H12N2OS. The molecule has 2 rings (SSSR count). The van der Waals surface area contributed by atoms with E-state index in [-0.39, 0.29) is 5.78 Å². The monoisotopic (exact) mass is 220 g/mol. The van der Waals surface area contributed by atoms with Gasteiger partial charge in [0.2, 0.25) is 0 Å². The van der Waals surface area contributed by atoms with Crippen LogP contribution in [0.15, 0.2) is 29.2 Å². The molecule has 0 bridgehead atoms. The number of carbonyl (C=O) groups excluding carboxylic acids is 1. The Labute approximate surface area is 92.4 Å². The van der Waals surface area contributed by atoms with Gasteiger partial charge in [0.05, 0.1) is 0 Å². The lowest BCUT2D eigenvalue weighted by Crippen LogP contribution is -2.07. The van der Waals surface area contributed by atoms with Crippen molar-refractivity contribution >= 4 is 17.1 Å². The molecule has 2 heterocycles. The van der Waals surface area contributed by atoms with Gasteiger partial charge >= 0.3 is 0 Å². The van der Waals surface area contributed by atoms with E-state index < -0.39 is 0 Å². The average Bonchev–Trinajstić information content (AvgIpc) is 2.84. The molecule has 0 radical (unpaired) electrons. The van der Waals surface area contributed by atoms with Crippen molar-refractivity contribution < 1.29 is 4.79 Å². The van der Waals surface area contributed by atoms with Crippen LogP contribution in [0.25, 0.3) is 0 Å². The molecule has 0 aliphatic heterocycles. The first-order chi connectivity index (χ1) is 7.27. The third kappa shape index (κ3) is 2.33. The van der Waals surface area contributed by atoms with Crippen LogP contribution >= 0.6 is 11.3 Å². The van der Waals surface area contributed by atoms with Crippen molar-refractivity contribution in [2.75, 3.05) is 0 Å². The predicted molar refractivity (Wildman–Crippen MR) is 60.2 cm³/mol. The smallest absolute Gasteiger partial charge is 0.198 e. The Bertz CT molecular complexity index is 445. The van der Waals surface area contributed by atoms with Crippen molar-refractivity contribution in [3.63, 3.8) is 0 Å². The molecule has 0 unspecified atom stereocenters. The fourth-order valence-corrected chi connectivity index (χ4v) is 2.14. The Hall–Kier alpha value is -1.42. The highest BCUT2D eigenvalue weighted by Gasteiger charge is 2.10. The predicted octanol–water partition coefficient (Wildman–Crippen LogP) is 2.30. The van der Waals surface area contributed by atoms with Crippen LogP contribution in [0.1, 0.15) is 22.6 Å². The van der Waals surface area contributed by atoms with E-state index in [2.05, 4.69) is 16.4 Å². The molecule has 15 heavy (non-hydrogen) atoms. The molecule has 0 spiro atoms. The van der Waals surface area contributed by atoms with Crippen LogP contribution in [0, 0.1) is 0 Å². The molecule has 0 N–H and O–H groups in total. The number of ketones is 1. The standard InChI is InChI=1S/C11H12N2OS/c1-13-6-5-12-11(13)10(14)3-2-9-4-7-15-8-9/h4-8H,2-3H2,1H3. The first-order valence-electron chi connectivity index (χ1n) is 4.79. The van der Waals surface area contributed by atoms with E-state index in [4.69, 9.17) is 0 Å². The fourth-order valence-electron chi connectivity index (χ4n) is 1.44. The van der Waals surface area contributed by atoms with Crippen LogP contribution in [0.3, 0.4) is 0 Å². The first-order valence-corrected chi connectivity index (χ1v) is 5.73. The molecule has 0 amide bonds. The van der Waals surface area contributed by atoms with Gasteiger partial charge in [-0.05, 0) is 28.8 Å². The summed E-state index contributed by atoms with van der Waals surface area (Å²) in [4.78, 5) is 15.8. The van der Waals surface area contributed by atoms with Gasteiger partial charge < -0.3 is 4.57 Å². The lowest BCUT2D eigenvalue weighted by atomic mass is 10.1. The fraction of sp³-hybridized carbons (Fsp3) is 0.273. The number of rotatable bonds is 4. The minimum absolute atomic E-state index is 0.105. The Morgan fingerprint density at radius 1 is 1.60 bits per heavy atom. The third-order valence-electron chi connectivity index (χ3n) is 2.29. The summed E-state index contributed by atoms with van der Waals surface area (Å²) in [6.45, 7) is 0. The van der Waals surface area contributed by atoms with Gasteiger partial charge in [0.15, 0.2) is 11.6 Å². The number of Topliss-reactive ketones (excluding diaryl/α,β-unsaturated/α-hetero) is 1. The molecule has 0 atom stereocenters. The lowest BCUT2D eigenvalue weighted by Gasteiger charge is -1.99. The van der Waals surface area contributed by atoms with E-state index in [0.717, 1.165) is 6.42 Å². The molecule has 3 nitrogen and oxygen atoms in total. The molecule has 4 heteroatoms. The summed E-state index contributed by atoms with van der Waals surface area (Å²) in [5.74, 6) is 0.652. The van der Waals surface area contributed by atoms with E-state index in [9.17, 15) is 4.79 Å². The number of hydrogen-bond donors (Lipinski definition) is 0. The molecule has 2 aromatic rings. The maximum Gasteiger partial charge on any atom is 0.198 e. The number of carbonyl (C=O) groups is 1. The van der Waals surface area contributed by atoms with E-state index in [1.54, 1.807) is 28.3 Å². The molecule has 0 saturated carbocycles. The number of thiophene rings is 1. The van der Waals surface area contributed by atoms with Crippen molar-refractivity contribution in [3.8, 4) is 0 Å². The highest BCUT2D eigenvalue weighted by molar-refractivity contribution is 7.07. The van der Waals surface area contributed by atoms with Gasteiger partial charge in [0, 0.05) is 25.9 Å². The highest BCUT2D eigenvalue weighted by Crippen LogP contribution is 2.10. The third-order valence-corrected chi connectivity index (χ3v) is 3.02. The van der Waals surface area contributed by atoms with E-state index in [1.807, 2.05) is 12.4 Å². The van der Waals surface area contributed by atoms with Crippen LogP contribution < -0.4 is 0 Å². The number of imidazole rings is 1. The van der Waals surface area contributed by atoms with Gasteiger partial charge in [-0.1, -0.05) is 0 Å². The van der Waals surface area contributed by atoms with Crippen LogP contribution in [0.5, 0.6) is 0 Å². The summed E-state index contributed by atoms with van der Waals surface area (Å²) in [5, 5.41) is 4.10. The topological polar surface area (TPSA) is 34.9 Å². The van der Waals surface area contributed by atoms with Crippen molar-refractivity contribution in [3.05, 3.63) is 40.6 Å². The summed E-state index contributed by atoms with van der Waals surface area (Å²) in [6.07, 6.45) is 4.77. The van der Waals surface area contributed by atoms with Crippen LogP contribution in [-0.4, -0.2) is 15.3 Å². The second-order valence-corrected chi connectivity index (χ2v) is 4.20. The molecule has 0 fully saturated rings. The summed E-state index contributed by atoms with van der Waals surface area (Å²) < 4.78 is 1.76. The largest absolute Gasteiger partial charge is 0.332 e. The molecule has 0 aliphatic rings. The Balaban J connectivity index is 1.96. The van der Waals surface area contributed by atoms with Crippen molar-refractivity contribution in [1.29, 1.82) is 0 Å². The average molecular weight is 220 g/mol. The van der Waals surface area contributed by atoms with E-state index in [0.29, 0.717) is 12.2 Å². The number of aryl methyl sites for hydroxylation is 2. The van der Waals surface area contributed by atoms with Gasteiger partial charge in [-0.25, -0.2) is 4.98 Å². The van der Waals surface area contributed by atoms with Gasteiger partial charge in [-0.15, -0.1) is 0 Å². The lowest BCUT2D eigenvalue weighted by molar-refractivity contribution is 0.0970. The van der Waals surface area contributed by atoms with Crippen LogP contribution in [0.2, 0.25) is 0 Å². The molecule has 0 saturated heterocycles. The molecule has 0 aliphatic carbocycles. The van der Waals surface area contributed by atoms with Gasteiger partial charge in [-0.2, -0.15) is 11.3 Å². The van der Waals surface area contributed by atoms with Crippen molar-refractivity contribution in [2.24, 2.45) is 7.05 Å². The summed E-state index contributed by atoms with van der Waals surface area (Å²) in [7, 11) is 1.84. The number of hydrogen-bond acceptors (Lipinski definition) is 3. The van der Waals surface area contributed by atoms with Gasteiger partial charge in [0.1, 0.15) is 0 Å². The van der Waals surface area contributed by atoms with Crippen molar-refractivity contribution in [2.45, 2.75) is 12.8 Å². The maximum atomic E-state index is 11.7. The zero-order chi connectivity index (χ0) is 10.7. The quantitative estimate of drug-likeness (QED) is 0.741. The van der Waals surface area contributed by atoms with E-state index in [1.165, 1.54) is 5.56 Å². The molecule has 0 aromatic carbocycles. The zero-order valence-electron chi connectivity index (χ0n) is 8.51. The summed E-state index contributed by atoms with van der Waals surface area (Å²) in [5.41, 5.74) is 1.22. The van der Waals surface area contributed by atoms with Gasteiger partial charge in [-0.3, -0.25) is 4.79 Å². The first kappa shape index (κ1) is 10.1. The maximum absolute atomic E-state index is 11.7. The summed E-state index contributed by atoms with van der Waals surface area (Å²) >= 11 is 1.66. The van der Waals surface area contributed by atoms with Crippen molar-refractivity contribution in [1.82, 2.24) is 9.55 Å². The Morgan fingerprint density at radius 3 is 3.07 bits per heavy atom.